The zero-order valence-electron chi connectivity index (χ0n) is 15.2. The molecule has 0 spiro atoms. The van der Waals surface area contributed by atoms with Crippen LogP contribution in [0, 0.1) is 0 Å². The number of nitrogen functional groups attached to an aromatic ring is 1. The molecule has 0 saturated carbocycles. The lowest BCUT2D eigenvalue weighted by Crippen LogP contribution is -2.21. The Hall–Kier alpha value is -2.38. The van der Waals surface area contributed by atoms with Crippen molar-refractivity contribution in [2.45, 2.75) is 45.8 Å². The molecule has 0 amide bonds. The van der Waals surface area contributed by atoms with Crippen LogP contribution >= 0.6 is 11.6 Å². The number of rotatable bonds is 6. The van der Waals surface area contributed by atoms with Crippen molar-refractivity contribution < 1.29 is 0 Å². The van der Waals surface area contributed by atoms with Crippen molar-refractivity contribution in [2.24, 2.45) is 5.73 Å². The molecule has 7 nitrogen and oxygen atoms in total. The van der Waals surface area contributed by atoms with E-state index in [-0.39, 0.29) is 18.0 Å². The fourth-order valence-electron chi connectivity index (χ4n) is 2.92. The highest BCUT2D eigenvalue weighted by molar-refractivity contribution is 6.30. The predicted molar refractivity (Wildman–Crippen MR) is 106 cm³/mol. The summed E-state index contributed by atoms with van der Waals surface area (Å²) in [6.07, 6.45) is 0.658. The van der Waals surface area contributed by atoms with E-state index in [1.165, 1.54) is 0 Å². The highest BCUT2D eigenvalue weighted by Crippen LogP contribution is 2.26. The van der Waals surface area contributed by atoms with Gasteiger partial charge >= 0.3 is 0 Å². The van der Waals surface area contributed by atoms with Crippen LogP contribution in [-0.2, 0) is 13.0 Å². The van der Waals surface area contributed by atoms with Gasteiger partial charge in [-0.05, 0) is 38.5 Å². The maximum atomic E-state index is 5.99. The molecule has 26 heavy (non-hydrogen) atoms. The predicted octanol–water partition coefficient (Wildman–Crippen LogP) is 3.14. The summed E-state index contributed by atoms with van der Waals surface area (Å²) in [6.45, 7) is 6.72. The van der Waals surface area contributed by atoms with E-state index < -0.39 is 0 Å². The Morgan fingerprint density at radius 3 is 2.42 bits per heavy atom. The van der Waals surface area contributed by atoms with Crippen LogP contribution in [0.15, 0.2) is 24.3 Å². The Balaban J connectivity index is 2.00. The number of anilines is 2. The Morgan fingerprint density at radius 2 is 1.81 bits per heavy atom. The second-order valence-electron chi connectivity index (χ2n) is 6.76. The summed E-state index contributed by atoms with van der Waals surface area (Å²) in [5.41, 5.74) is 14.4. The van der Waals surface area contributed by atoms with E-state index in [0.29, 0.717) is 29.3 Å². The number of benzene rings is 1. The minimum Gasteiger partial charge on any atom is -0.368 e. The molecule has 138 valence electrons. The number of nitrogens with two attached hydrogens (primary N) is 2. The molecule has 0 aliphatic carbocycles. The fourth-order valence-corrected chi connectivity index (χ4v) is 3.05. The molecule has 2 aromatic heterocycles. The van der Waals surface area contributed by atoms with E-state index in [4.69, 9.17) is 28.1 Å². The average molecular weight is 374 g/mol. The lowest BCUT2D eigenvalue weighted by atomic mass is 10.2. The first-order valence-electron chi connectivity index (χ1n) is 8.63. The van der Waals surface area contributed by atoms with Gasteiger partial charge in [-0.2, -0.15) is 9.97 Å². The maximum Gasteiger partial charge on any atom is 0.224 e. The first kappa shape index (κ1) is 18.4. The van der Waals surface area contributed by atoms with Crippen LogP contribution in [0.4, 0.5) is 11.8 Å². The van der Waals surface area contributed by atoms with Gasteiger partial charge in [-0.1, -0.05) is 23.7 Å². The number of halogens is 1. The van der Waals surface area contributed by atoms with Crippen LogP contribution in [0.5, 0.6) is 0 Å². The molecule has 0 aliphatic rings. The zero-order chi connectivity index (χ0) is 18.8. The molecule has 2 heterocycles. The Kier molecular flexibility index (Phi) is 5.29. The third kappa shape index (κ3) is 3.89. The number of fused-ring (bicyclic) bond motifs is 1. The van der Waals surface area contributed by atoms with Gasteiger partial charge in [0, 0.05) is 30.1 Å². The number of nitrogens with one attached hydrogen (secondary N) is 1. The topological polar surface area (TPSA) is 108 Å². The average Bonchev–Trinajstić information content (AvgIpc) is 2.91. The van der Waals surface area contributed by atoms with E-state index >= 15 is 0 Å². The third-order valence-electron chi connectivity index (χ3n) is 4.02. The van der Waals surface area contributed by atoms with E-state index in [9.17, 15) is 0 Å². The molecule has 3 rings (SSSR count). The molecule has 0 fully saturated rings. The monoisotopic (exact) mass is 373 g/mol. The van der Waals surface area contributed by atoms with Gasteiger partial charge in [-0.15, -0.1) is 0 Å². The maximum absolute atomic E-state index is 5.99. The number of hydrogen-bond donors (Lipinski definition) is 3. The smallest absolute Gasteiger partial charge is 0.224 e. The summed E-state index contributed by atoms with van der Waals surface area (Å²) in [5.74, 6) is 1.72. The summed E-state index contributed by atoms with van der Waals surface area (Å²) in [5, 5.41) is 4.02. The van der Waals surface area contributed by atoms with Crippen LogP contribution in [0.2, 0.25) is 5.02 Å². The first-order valence-corrected chi connectivity index (χ1v) is 9.01. The third-order valence-corrected chi connectivity index (χ3v) is 4.28. The normalized spacial score (nSPS) is 12.7. The Bertz CT molecular complexity index is 900. The minimum atomic E-state index is 0.0000878. The Morgan fingerprint density at radius 1 is 1.12 bits per heavy atom. The number of nitrogens with zero attached hydrogens (tertiary/aromatic N) is 4. The van der Waals surface area contributed by atoms with Gasteiger partial charge in [0.05, 0.1) is 0 Å². The molecule has 0 bridgehead atoms. The summed E-state index contributed by atoms with van der Waals surface area (Å²) in [4.78, 5) is 13.5. The van der Waals surface area contributed by atoms with E-state index in [1.54, 1.807) is 0 Å². The van der Waals surface area contributed by atoms with Crippen molar-refractivity contribution in [1.82, 2.24) is 19.5 Å². The van der Waals surface area contributed by atoms with E-state index in [1.807, 2.05) is 31.2 Å². The minimum absolute atomic E-state index is 0.0000878. The number of aromatic nitrogens is 4. The summed E-state index contributed by atoms with van der Waals surface area (Å²) in [6, 6.07) is 7.83. The number of hydrogen-bond acceptors (Lipinski definition) is 6. The van der Waals surface area contributed by atoms with Gasteiger partial charge in [-0.3, -0.25) is 0 Å². The first-order chi connectivity index (χ1) is 12.3. The van der Waals surface area contributed by atoms with E-state index in [2.05, 4.69) is 33.7 Å². The van der Waals surface area contributed by atoms with Crippen LogP contribution in [-0.4, -0.2) is 25.6 Å². The van der Waals surface area contributed by atoms with Gasteiger partial charge in [0.25, 0.3) is 0 Å². The summed E-state index contributed by atoms with van der Waals surface area (Å²) >= 11 is 5.94. The zero-order valence-corrected chi connectivity index (χ0v) is 16.0. The lowest BCUT2D eigenvalue weighted by molar-refractivity contribution is 0.561. The molecule has 8 heteroatoms. The van der Waals surface area contributed by atoms with Gasteiger partial charge in [0.15, 0.2) is 17.0 Å². The largest absolute Gasteiger partial charge is 0.368 e. The van der Waals surface area contributed by atoms with Crippen molar-refractivity contribution >= 4 is 34.5 Å². The van der Waals surface area contributed by atoms with Gasteiger partial charge in [0.1, 0.15) is 5.82 Å². The molecular weight excluding hydrogens is 350 g/mol. The fraction of sp³-hybridized carbons (Fsp3) is 0.389. The van der Waals surface area contributed by atoms with Crippen LogP contribution < -0.4 is 16.8 Å². The lowest BCUT2D eigenvalue weighted by Gasteiger charge is -2.13. The van der Waals surface area contributed by atoms with Crippen LogP contribution in [0.3, 0.4) is 0 Å². The molecule has 0 radical (unpaired) electrons. The molecule has 5 N–H and O–H groups in total. The van der Waals surface area contributed by atoms with Gasteiger partial charge in [-0.25, -0.2) is 4.98 Å². The van der Waals surface area contributed by atoms with Crippen LogP contribution in [0.1, 0.15) is 38.2 Å². The quantitative estimate of drug-likeness (QED) is 0.612. The van der Waals surface area contributed by atoms with Gasteiger partial charge in [0.2, 0.25) is 5.95 Å². The van der Waals surface area contributed by atoms with Crippen molar-refractivity contribution in [2.75, 3.05) is 11.1 Å². The summed E-state index contributed by atoms with van der Waals surface area (Å²) < 4.78 is 2.07. The van der Waals surface area contributed by atoms with Crippen molar-refractivity contribution in [3.63, 3.8) is 0 Å². The standard InChI is InChI=1S/C18H24ClN7/c1-10(2)26-14(8-11(3)20)23-15-16(24-18(21)25-17(15)26)22-9-12-4-6-13(19)7-5-12/h4-7,10-11H,8-9,20H2,1-3H3,(H3,21,22,24,25). The second kappa shape index (κ2) is 7.47. The second-order valence-corrected chi connectivity index (χ2v) is 7.19. The highest BCUT2D eigenvalue weighted by atomic mass is 35.5. The molecule has 1 unspecified atom stereocenters. The van der Waals surface area contributed by atoms with Gasteiger partial charge < -0.3 is 21.4 Å². The Labute approximate surface area is 157 Å². The molecule has 0 saturated heterocycles. The SMILES string of the molecule is CC(N)Cc1nc2c(NCc3ccc(Cl)cc3)nc(N)nc2n1C(C)C. The van der Waals surface area contributed by atoms with Crippen molar-refractivity contribution in [1.29, 1.82) is 0 Å². The molecular formula is C18H24ClN7. The molecule has 1 atom stereocenters. The molecule has 1 aromatic carbocycles. The van der Waals surface area contributed by atoms with E-state index in [0.717, 1.165) is 17.0 Å². The summed E-state index contributed by atoms with van der Waals surface area (Å²) in [7, 11) is 0. The van der Waals surface area contributed by atoms with Crippen molar-refractivity contribution in [3.05, 3.63) is 40.7 Å². The highest BCUT2D eigenvalue weighted by Gasteiger charge is 2.19. The van der Waals surface area contributed by atoms with Crippen LogP contribution in [0.25, 0.3) is 11.2 Å². The number of imidazole rings is 1. The molecule has 3 aromatic rings. The van der Waals surface area contributed by atoms with Crippen molar-refractivity contribution in [3.8, 4) is 0 Å². The molecule has 0 aliphatic heterocycles.